The molecule has 0 saturated heterocycles. The zero-order valence-electron chi connectivity index (χ0n) is 12.0. The van der Waals surface area contributed by atoms with Crippen molar-refractivity contribution in [2.24, 2.45) is 0 Å². The van der Waals surface area contributed by atoms with Gasteiger partial charge in [-0.2, -0.15) is 0 Å². The fourth-order valence-corrected chi connectivity index (χ4v) is 1.94. The van der Waals surface area contributed by atoms with Crippen molar-refractivity contribution in [3.8, 4) is 0 Å². The molecular formula is C13H18ClN3O4. The lowest BCUT2D eigenvalue weighted by Gasteiger charge is -2.28. The average molecular weight is 316 g/mol. The van der Waals surface area contributed by atoms with Crippen LogP contribution in [0.4, 0.5) is 16.2 Å². The Labute approximate surface area is 127 Å². The number of nitro groups is 1. The number of carbonyl (C=O) groups excluding carboxylic acids is 1. The molecule has 0 aliphatic carbocycles. The van der Waals surface area contributed by atoms with E-state index in [2.05, 4.69) is 5.32 Å². The van der Waals surface area contributed by atoms with Gasteiger partial charge < -0.3 is 15.3 Å². The van der Waals surface area contributed by atoms with Gasteiger partial charge in [0, 0.05) is 24.7 Å². The van der Waals surface area contributed by atoms with Crippen LogP contribution in [-0.4, -0.2) is 39.7 Å². The molecule has 0 spiro atoms. The first-order chi connectivity index (χ1) is 9.72. The largest absolute Gasteiger partial charge is 0.392 e. The van der Waals surface area contributed by atoms with Gasteiger partial charge >= 0.3 is 6.03 Å². The molecular weight excluding hydrogens is 298 g/mol. The predicted octanol–water partition coefficient (Wildman–Crippen LogP) is 2.87. The smallest absolute Gasteiger partial charge is 0.322 e. The third kappa shape index (κ3) is 4.87. The van der Waals surface area contributed by atoms with Crippen molar-refractivity contribution in [3.05, 3.63) is 33.3 Å². The van der Waals surface area contributed by atoms with Crippen molar-refractivity contribution < 1.29 is 14.8 Å². The number of nitro benzene ring substituents is 1. The monoisotopic (exact) mass is 315 g/mol. The zero-order chi connectivity index (χ0) is 16.2. The quantitative estimate of drug-likeness (QED) is 0.645. The summed E-state index contributed by atoms with van der Waals surface area (Å²) < 4.78 is 0. The summed E-state index contributed by atoms with van der Waals surface area (Å²) in [7, 11) is 0. The summed E-state index contributed by atoms with van der Waals surface area (Å²) in [6, 6.07) is 3.26. The molecule has 7 nitrogen and oxygen atoms in total. The number of urea groups is 1. The van der Waals surface area contributed by atoms with Crippen LogP contribution >= 0.6 is 11.6 Å². The highest BCUT2D eigenvalue weighted by molar-refractivity contribution is 6.33. The number of amides is 2. The second-order valence-electron chi connectivity index (χ2n) is 4.95. The molecule has 0 radical (unpaired) electrons. The van der Waals surface area contributed by atoms with Gasteiger partial charge in [-0.25, -0.2) is 4.79 Å². The fraction of sp³-hybridized carbons (Fsp3) is 0.462. The molecule has 0 aliphatic rings. The Bertz CT molecular complexity index is 534. The van der Waals surface area contributed by atoms with Crippen molar-refractivity contribution in [2.75, 3.05) is 11.9 Å². The van der Waals surface area contributed by atoms with E-state index in [0.717, 1.165) is 0 Å². The first-order valence-corrected chi connectivity index (χ1v) is 6.79. The molecule has 0 aromatic heterocycles. The van der Waals surface area contributed by atoms with Gasteiger partial charge in [0.1, 0.15) is 0 Å². The fourth-order valence-electron chi connectivity index (χ4n) is 1.72. The van der Waals surface area contributed by atoms with Crippen LogP contribution in [0.2, 0.25) is 5.02 Å². The number of benzene rings is 1. The van der Waals surface area contributed by atoms with Crippen molar-refractivity contribution in [1.82, 2.24) is 4.90 Å². The van der Waals surface area contributed by atoms with E-state index in [9.17, 15) is 20.0 Å². The van der Waals surface area contributed by atoms with Gasteiger partial charge in [-0.15, -0.1) is 0 Å². The van der Waals surface area contributed by atoms with Crippen LogP contribution in [0, 0.1) is 10.1 Å². The summed E-state index contributed by atoms with van der Waals surface area (Å²) in [6.45, 7) is 5.40. The summed E-state index contributed by atoms with van der Waals surface area (Å²) in [6.07, 6.45) is -0.662. The Hall–Kier alpha value is -1.86. The van der Waals surface area contributed by atoms with Crippen LogP contribution in [0.5, 0.6) is 0 Å². The predicted molar refractivity (Wildman–Crippen MR) is 80.6 cm³/mol. The van der Waals surface area contributed by atoms with Crippen LogP contribution in [0.25, 0.3) is 0 Å². The Morgan fingerprint density at radius 1 is 1.48 bits per heavy atom. The maximum Gasteiger partial charge on any atom is 0.322 e. The van der Waals surface area contributed by atoms with E-state index < -0.39 is 17.1 Å². The van der Waals surface area contributed by atoms with Gasteiger partial charge in [-0.3, -0.25) is 10.1 Å². The van der Waals surface area contributed by atoms with E-state index in [1.54, 1.807) is 6.92 Å². The molecule has 1 atom stereocenters. The number of hydrogen-bond acceptors (Lipinski definition) is 4. The average Bonchev–Trinajstić information content (AvgIpc) is 2.37. The second-order valence-corrected chi connectivity index (χ2v) is 5.35. The van der Waals surface area contributed by atoms with Gasteiger partial charge in [-0.05, 0) is 26.8 Å². The molecule has 0 aliphatic heterocycles. The number of anilines is 1. The molecule has 2 amide bonds. The Morgan fingerprint density at radius 3 is 2.52 bits per heavy atom. The molecule has 8 heteroatoms. The topological polar surface area (TPSA) is 95.7 Å². The van der Waals surface area contributed by atoms with E-state index in [1.165, 1.54) is 23.1 Å². The van der Waals surface area contributed by atoms with Crippen molar-refractivity contribution in [3.63, 3.8) is 0 Å². The molecule has 0 heterocycles. The Morgan fingerprint density at radius 2 is 2.10 bits per heavy atom. The lowest BCUT2D eigenvalue weighted by Crippen LogP contribution is -2.43. The van der Waals surface area contributed by atoms with Crippen LogP contribution < -0.4 is 5.32 Å². The minimum atomic E-state index is -0.662. The molecule has 1 rings (SSSR count). The van der Waals surface area contributed by atoms with Gasteiger partial charge in [0.2, 0.25) is 0 Å². The van der Waals surface area contributed by atoms with Crippen molar-refractivity contribution in [1.29, 1.82) is 0 Å². The molecule has 2 N–H and O–H groups in total. The number of rotatable bonds is 5. The highest BCUT2D eigenvalue weighted by atomic mass is 35.5. The first-order valence-electron chi connectivity index (χ1n) is 6.42. The molecule has 116 valence electrons. The maximum atomic E-state index is 12.2. The molecule has 0 bridgehead atoms. The number of non-ortho nitro benzene ring substituents is 1. The minimum Gasteiger partial charge on any atom is -0.392 e. The minimum absolute atomic E-state index is 0.0818. The van der Waals surface area contributed by atoms with E-state index in [-0.39, 0.29) is 29.0 Å². The van der Waals surface area contributed by atoms with Crippen LogP contribution in [-0.2, 0) is 0 Å². The van der Waals surface area contributed by atoms with E-state index in [0.29, 0.717) is 0 Å². The second kappa shape index (κ2) is 7.24. The van der Waals surface area contributed by atoms with Gasteiger partial charge in [0.25, 0.3) is 5.69 Å². The van der Waals surface area contributed by atoms with Crippen LogP contribution in [0.3, 0.4) is 0 Å². The number of halogens is 1. The lowest BCUT2D eigenvalue weighted by molar-refractivity contribution is -0.384. The molecule has 1 aromatic rings. The summed E-state index contributed by atoms with van der Waals surface area (Å²) in [4.78, 5) is 23.7. The van der Waals surface area contributed by atoms with E-state index in [4.69, 9.17) is 11.6 Å². The molecule has 1 aromatic carbocycles. The zero-order valence-corrected chi connectivity index (χ0v) is 12.8. The number of nitrogens with zero attached hydrogens (tertiary/aromatic N) is 2. The number of aliphatic hydroxyl groups is 1. The number of nitrogens with one attached hydrogen (secondary N) is 1. The third-order valence-electron chi connectivity index (χ3n) is 2.75. The van der Waals surface area contributed by atoms with Crippen molar-refractivity contribution in [2.45, 2.75) is 32.9 Å². The summed E-state index contributed by atoms with van der Waals surface area (Å²) >= 11 is 5.92. The molecule has 0 saturated carbocycles. The SMILES string of the molecule is CC(O)CN(C(=O)Nc1ccc([N+](=O)[O-])cc1Cl)C(C)C. The summed E-state index contributed by atoms with van der Waals surface area (Å²) in [5.41, 5.74) is 0.131. The highest BCUT2D eigenvalue weighted by Gasteiger charge is 2.20. The maximum absolute atomic E-state index is 12.2. The van der Waals surface area contributed by atoms with Gasteiger partial charge in [0.15, 0.2) is 0 Å². The molecule has 0 fully saturated rings. The normalized spacial score (nSPS) is 12.1. The summed E-state index contributed by atoms with van der Waals surface area (Å²) in [5.74, 6) is 0. The number of hydrogen-bond donors (Lipinski definition) is 2. The highest BCUT2D eigenvalue weighted by Crippen LogP contribution is 2.27. The van der Waals surface area contributed by atoms with Crippen LogP contribution in [0.15, 0.2) is 18.2 Å². The standard InChI is InChI=1S/C13H18ClN3O4/c1-8(2)16(7-9(3)18)13(19)15-12-5-4-10(17(20)21)6-11(12)14/h4-6,8-9,18H,7H2,1-3H3,(H,15,19). The van der Waals surface area contributed by atoms with Gasteiger partial charge in [-0.1, -0.05) is 11.6 Å². The lowest BCUT2D eigenvalue weighted by atomic mass is 10.2. The van der Waals surface area contributed by atoms with Gasteiger partial charge in [0.05, 0.1) is 21.7 Å². The molecule has 1 unspecified atom stereocenters. The Balaban J connectivity index is 2.88. The summed E-state index contributed by atoms with van der Waals surface area (Å²) in [5, 5.41) is 22.7. The van der Waals surface area contributed by atoms with Crippen molar-refractivity contribution >= 4 is 29.0 Å². The first kappa shape index (κ1) is 17.2. The number of aliphatic hydroxyl groups excluding tert-OH is 1. The number of carbonyl (C=O) groups is 1. The van der Waals surface area contributed by atoms with E-state index in [1.807, 2.05) is 13.8 Å². The van der Waals surface area contributed by atoms with Crippen LogP contribution in [0.1, 0.15) is 20.8 Å². The van der Waals surface area contributed by atoms with E-state index >= 15 is 0 Å². The molecule has 21 heavy (non-hydrogen) atoms. The Kier molecular flexibility index (Phi) is 5.92. The third-order valence-corrected chi connectivity index (χ3v) is 3.06.